The molecule has 24 heavy (non-hydrogen) atoms. The van der Waals surface area contributed by atoms with Gasteiger partial charge < -0.3 is 0 Å². The summed E-state index contributed by atoms with van der Waals surface area (Å²) in [5, 5.41) is 1.07. The average Bonchev–Trinajstić information content (AvgIpc) is 2.52. The van der Waals surface area contributed by atoms with Crippen molar-refractivity contribution in [2.45, 2.75) is 30.1 Å². The zero-order valence-electron chi connectivity index (χ0n) is 13.6. The molecule has 0 fully saturated rings. The molecule has 0 saturated heterocycles. The maximum Gasteiger partial charge on any atom is 0.199 e. The molecule has 0 radical (unpaired) electrons. The van der Waals surface area contributed by atoms with Gasteiger partial charge in [0.15, 0.2) is 19.7 Å². The number of rotatable bonds is 6. The van der Waals surface area contributed by atoms with Gasteiger partial charge in [0, 0.05) is 5.41 Å². The first-order valence-electron chi connectivity index (χ1n) is 7.48. The second-order valence-corrected chi connectivity index (χ2v) is 9.59. The van der Waals surface area contributed by atoms with Crippen LogP contribution in [0.3, 0.4) is 0 Å². The lowest BCUT2D eigenvalue weighted by Gasteiger charge is -2.03. The Labute approximate surface area is 143 Å². The highest BCUT2D eigenvalue weighted by molar-refractivity contribution is 7.94. The summed E-state index contributed by atoms with van der Waals surface area (Å²) < 4.78 is 48.7. The van der Waals surface area contributed by atoms with Gasteiger partial charge in [-0.15, -0.1) is 0 Å². The van der Waals surface area contributed by atoms with Gasteiger partial charge in [-0.05, 0) is 44.5 Å². The lowest BCUT2D eigenvalue weighted by molar-refractivity contribution is 0.595. The van der Waals surface area contributed by atoms with Gasteiger partial charge in [0.1, 0.15) is 0 Å². The van der Waals surface area contributed by atoms with Gasteiger partial charge in [0.25, 0.3) is 0 Å². The molecule has 6 heteroatoms. The number of aryl methyl sites for hydroxylation is 2. The molecule has 0 amide bonds. The third kappa shape index (κ3) is 4.79. The summed E-state index contributed by atoms with van der Waals surface area (Å²) in [5.41, 5.74) is 1.96. The summed E-state index contributed by atoms with van der Waals surface area (Å²) in [6.45, 7) is 3.76. The summed E-state index contributed by atoms with van der Waals surface area (Å²) in [6, 6.07) is 13.1. The van der Waals surface area contributed by atoms with E-state index in [-0.39, 0.29) is 22.0 Å². The van der Waals surface area contributed by atoms with Crippen molar-refractivity contribution < 1.29 is 16.8 Å². The van der Waals surface area contributed by atoms with Gasteiger partial charge in [-0.1, -0.05) is 41.5 Å². The Hall–Kier alpha value is -1.92. The highest BCUT2D eigenvalue weighted by atomic mass is 32.2. The third-order valence-electron chi connectivity index (χ3n) is 3.56. The van der Waals surface area contributed by atoms with Crippen LogP contribution in [0.5, 0.6) is 0 Å². The molecule has 0 N–H and O–H groups in total. The molecular weight excluding hydrogens is 344 g/mol. The minimum Gasteiger partial charge on any atom is -0.224 e. The number of hydrogen-bond donors (Lipinski definition) is 0. The molecule has 128 valence electrons. The van der Waals surface area contributed by atoms with Crippen LogP contribution in [0.25, 0.3) is 0 Å². The fraction of sp³-hybridized carbons (Fsp3) is 0.222. The average molecular weight is 364 g/mol. The number of benzene rings is 2. The molecular formula is C18H20O4S2. The van der Waals surface area contributed by atoms with Gasteiger partial charge in [0.2, 0.25) is 0 Å². The Bertz CT molecular complexity index is 922. The first-order valence-corrected chi connectivity index (χ1v) is 10.7. The van der Waals surface area contributed by atoms with E-state index < -0.39 is 19.7 Å². The highest BCUT2D eigenvalue weighted by Crippen LogP contribution is 2.15. The second kappa shape index (κ2) is 7.32. The van der Waals surface area contributed by atoms with E-state index in [2.05, 4.69) is 0 Å². The SMILES string of the molecule is Cc1ccc(S(=O)(=O)C=CCCS(=O)(=O)c2ccc(C)cc2)cc1. The molecule has 0 aliphatic heterocycles. The second-order valence-electron chi connectivity index (χ2n) is 5.65. The van der Waals surface area contributed by atoms with Crippen molar-refractivity contribution >= 4 is 19.7 Å². The highest BCUT2D eigenvalue weighted by Gasteiger charge is 2.14. The van der Waals surface area contributed by atoms with Gasteiger partial charge in [0.05, 0.1) is 15.5 Å². The zero-order valence-corrected chi connectivity index (χ0v) is 15.3. The summed E-state index contributed by atoms with van der Waals surface area (Å²) in [4.78, 5) is 0.452. The first kappa shape index (κ1) is 18.4. The van der Waals surface area contributed by atoms with Crippen molar-refractivity contribution in [1.82, 2.24) is 0 Å². The van der Waals surface area contributed by atoms with Crippen molar-refractivity contribution in [2.75, 3.05) is 5.75 Å². The lowest BCUT2D eigenvalue weighted by atomic mass is 10.2. The van der Waals surface area contributed by atoms with E-state index in [9.17, 15) is 16.8 Å². The molecule has 0 atom stereocenters. The Kier molecular flexibility index (Phi) is 5.62. The zero-order chi connectivity index (χ0) is 17.8. The quantitative estimate of drug-likeness (QED) is 0.787. The van der Waals surface area contributed by atoms with Crippen LogP contribution in [0.15, 0.2) is 69.8 Å². The fourth-order valence-corrected chi connectivity index (χ4v) is 4.38. The van der Waals surface area contributed by atoms with Crippen LogP contribution in [-0.4, -0.2) is 22.6 Å². The van der Waals surface area contributed by atoms with Gasteiger partial charge >= 0.3 is 0 Å². The third-order valence-corrected chi connectivity index (χ3v) is 6.80. The molecule has 0 aromatic heterocycles. The van der Waals surface area contributed by atoms with E-state index in [0.717, 1.165) is 16.5 Å². The molecule has 2 aromatic rings. The van der Waals surface area contributed by atoms with Gasteiger partial charge in [-0.25, -0.2) is 16.8 Å². The largest absolute Gasteiger partial charge is 0.224 e. The van der Waals surface area contributed by atoms with Crippen LogP contribution in [-0.2, 0) is 19.7 Å². The molecule has 0 aliphatic carbocycles. The summed E-state index contributed by atoms with van der Waals surface area (Å²) in [6.07, 6.45) is 1.53. The van der Waals surface area contributed by atoms with Crippen LogP contribution < -0.4 is 0 Å². The first-order chi connectivity index (χ1) is 11.2. The normalized spacial score (nSPS) is 12.6. The van der Waals surface area contributed by atoms with Gasteiger partial charge in [-0.2, -0.15) is 0 Å². The van der Waals surface area contributed by atoms with E-state index >= 15 is 0 Å². The van der Waals surface area contributed by atoms with E-state index in [1.165, 1.54) is 18.2 Å². The van der Waals surface area contributed by atoms with Crippen LogP contribution in [0.2, 0.25) is 0 Å². The molecule has 0 heterocycles. The predicted octanol–water partition coefficient (Wildman–Crippen LogP) is 3.45. The molecule has 2 aromatic carbocycles. The van der Waals surface area contributed by atoms with E-state index in [4.69, 9.17) is 0 Å². The van der Waals surface area contributed by atoms with Crippen LogP contribution in [0.4, 0.5) is 0 Å². The molecule has 0 saturated carbocycles. The van der Waals surface area contributed by atoms with E-state index in [0.29, 0.717) is 0 Å². The van der Waals surface area contributed by atoms with Crippen molar-refractivity contribution in [3.05, 3.63) is 71.1 Å². The molecule has 0 unspecified atom stereocenters. The smallest absolute Gasteiger partial charge is 0.199 e. The minimum atomic E-state index is -3.54. The van der Waals surface area contributed by atoms with Crippen LogP contribution in [0, 0.1) is 13.8 Å². The molecule has 0 spiro atoms. The topological polar surface area (TPSA) is 68.3 Å². The van der Waals surface area contributed by atoms with E-state index in [1.807, 2.05) is 13.8 Å². The number of hydrogen-bond acceptors (Lipinski definition) is 4. The molecule has 4 nitrogen and oxygen atoms in total. The van der Waals surface area contributed by atoms with E-state index in [1.54, 1.807) is 36.4 Å². The Morgan fingerprint density at radius 3 is 1.71 bits per heavy atom. The Balaban J connectivity index is 2.03. The summed E-state index contributed by atoms with van der Waals surface area (Å²) in [7, 11) is -6.95. The predicted molar refractivity (Wildman–Crippen MR) is 95.4 cm³/mol. The molecule has 0 bridgehead atoms. The Morgan fingerprint density at radius 2 is 1.21 bits per heavy atom. The van der Waals surface area contributed by atoms with Crippen molar-refractivity contribution in [3.63, 3.8) is 0 Å². The lowest BCUT2D eigenvalue weighted by Crippen LogP contribution is -2.06. The summed E-state index contributed by atoms with van der Waals surface area (Å²) in [5.74, 6) is -0.129. The number of sulfone groups is 2. The maximum absolute atomic E-state index is 12.2. The number of allylic oxidation sites excluding steroid dienone is 1. The molecule has 0 aliphatic rings. The summed E-state index contributed by atoms with van der Waals surface area (Å²) >= 11 is 0. The minimum absolute atomic E-state index is 0.129. The fourth-order valence-electron chi connectivity index (χ4n) is 2.09. The Morgan fingerprint density at radius 1 is 0.750 bits per heavy atom. The van der Waals surface area contributed by atoms with Crippen molar-refractivity contribution in [2.24, 2.45) is 0 Å². The van der Waals surface area contributed by atoms with Crippen LogP contribution in [0.1, 0.15) is 17.5 Å². The van der Waals surface area contributed by atoms with Gasteiger partial charge in [-0.3, -0.25) is 0 Å². The monoisotopic (exact) mass is 364 g/mol. The van der Waals surface area contributed by atoms with Crippen molar-refractivity contribution in [1.29, 1.82) is 0 Å². The molecule has 2 rings (SSSR count). The van der Waals surface area contributed by atoms with Crippen LogP contribution >= 0.6 is 0 Å². The van der Waals surface area contributed by atoms with Crippen molar-refractivity contribution in [3.8, 4) is 0 Å². The maximum atomic E-state index is 12.2. The standard InChI is InChI=1S/C18H20O4S2/c1-15-5-9-17(10-6-15)23(19,20)13-3-4-14-24(21,22)18-11-7-16(2)8-12-18/h3,5-13H,4,14H2,1-2H3.